The van der Waals surface area contributed by atoms with E-state index in [1.165, 1.54) is 0 Å². The van der Waals surface area contributed by atoms with Gasteiger partial charge in [0.25, 0.3) is 0 Å². The van der Waals surface area contributed by atoms with Crippen LogP contribution in [-0.2, 0) is 0 Å². The fourth-order valence-corrected chi connectivity index (χ4v) is 4.90. The number of fused-ring (bicyclic) bond motifs is 3. The minimum absolute atomic E-state index is 0.00235. The summed E-state index contributed by atoms with van der Waals surface area (Å²) < 4.78 is 6.16. The summed E-state index contributed by atoms with van der Waals surface area (Å²) >= 11 is 3.57. The fourth-order valence-electron chi connectivity index (χ4n) is 4.52. The van der Waals surface area contributed by atoms with Gasteiger partial charge in [-0.25, -0.2) is 4.79 Å². The second kappa shape index (κ2) is 7.64. The minimum Gasteiger partial charge on any atom is -0.497 e. The van der Waals surface area contributed by atoms with Crippen molar-refractivity contribution >= 4 is 33.3 Å². The summed E-state index contributed by atoms with van der Waals surface area (Å²) in [6, 6.07) is 13.3. The van der Waals surface area contributed by atoms with Crippen LogP contribution in [0.3, 0.4) is 0 Å². The predicted molar refractivity (Wildman–Crippen MR) is 113 cm³/mol. The Morgan fingerprint density at radius 1 is 1.29 bits per heavy atom. The molecule has 2 amide bonds. The number of aliphatic hydroxyl groups is 1. The highest BCUT2D eigenvalue weighted by Gasteiger charge is 2.47. The largest absolute Gasteiger partial charge is 0.497 e. The number of methoxy groups -OCH3 is 1. The van der Waals surface area contributed by atoms with E-state index in [1.807, 2.05) is 42.3 Å². The van der Waals surface area contributed by atoms with E-state index in [1.54, 1.807) is 7.11 Å². The van der Waals surface area contributed by atoms with Gasteiger partial charge in [0, 0.05) is 35.4 Å². The molecule has 2 aliphatic rings. The molecule has 0 aromatic heterocycles. The zero-order valence-electron chi connectivity index (χ0n) is 15.9. The number of likely N-dealkylation sites (tertiary alicyclic amines) is 1. The van der Waals surface area contributed by atoms with Gasteiger partial charge in [0.15, 0.2) is 0 Å². The predicted octanol–water partition coefficient (Wildman–Crippen LogP) is 3.86. The first-order valence-corrected chi connectivity index (χ1v) is 10.2. The second-order valence-corrected chi connectivity index (χ2v) is 8.23. The number of urea groups is 1. The molecular weight excluding hydrogens is 422 g/mol. The molecule has 0 saturated carbocycles. The van der Waals surface area contributed by atoms with Gasteiger partial charge in [-0.3, -0.25) is 0 Å². The van der Waals surface area contributed by atoms with Crippen LogP contribution in [0.5, 0.6) is 5.75 Å². The number of hydrogen-bond acceptors (Lipinski definition) is 4. The van der Waals surface area contributed by atoms with Crippen molar-refractivity contribution in [3.8, 4) is 5.75 Å². The maximum atomic E-state index is 13.1. The maximum Gasteiger partial charge on any atom is 0.322 e. The quantitative estimate of drug-likeness (QED) is 0.752. The average Bonchev–Trinajstić information content (AvgIpc) is 3.14. The van der Waals surface area contributed by atoms with Crippen molar-refractivity contribution in [2.45, 2.75) is 18.5 Å². The summed E-state index contributed by atoms with van der Waals surface area (Å²) in [5.41, 5.74) is 2.91. The molecule has 0 unspecified atom stereocenters. The standard InChI is InChI=1S/C21H24BrN3O3/c1-24-18-8-3-13(22)11-17(18)20-16(19(24)12-26)9-10-25(20)21(27)23-14-4-6-15(28-2)7-5-14/h3-8,11,16,19-20,26H,9-10,12H2,1-2H3,(H,23,27)/t16-,19-,20-/m0/s1. The summed E-state index contributed by atoms with van der Waals surface area (Å²) in [6.45, 7) is 0.731. The molecule has 0 spiro atoms. The molecule has 1 fully saturated rings. The van der Waals surface area contributed by atoms with Crippen LogP contribution >= 0.6 is 15.9 Å². The molecule has 2 N–H and O–H groups in total. The number of carbonyl (C=O) groups excluding carboxylic acids is 1. The van der Waals surface area contributed by atoms with Crippen molar-refractivity contribution < 1.29 is 14.6 Å². The van der Waals surface area contributed by atoms with Crippen LogP contribution in [0, 0.1) is 5.92 Å². The van der Waals surface area contributed by atoms with Crippen molar-refractivity contribution in [3.05, 3.63) is 52.5 Å². The Bertz CT molecular complexity index is 874. The van der Waals surface area contributed by atoms with Gasteiger partial charge in [0.1, 0.15) is 5.75 Å². The zero-order valence-corrected chi connectivity index (χ0v) is 17.5. The number of halogens is 1. The molecular formula is C21H24BrN3O3. The fraction of sp³-hybridized carbons (Fsp3) is 0.381. The Morgan fingerprint density at radius 3 is 2.71 bits per heavy atom. The minimum atomic E-state index is -0.121. The molecule has 148 valence electrons. The highest BCUT2D eigenvalue weighted by Crippen LogP contribution is 2.49. The van der Waals surface area contributed by atoms with Gasteiger partial charge in [0.05, 0.1) is 25.8 Å². The number of carbonyl (C=O) groups is 1. The number of ether oxygens (including phenoxy) is 1. The van der Waals surface area contributed by atoms with E-state index >= 15 is 0 Å². The molecule has 3 atom stereocenters. The van der Waals surface area contributed by atoms with E-state index < -0.39 is 0 Å². The SMILES string of the molecule is COc1ccc(NC(=O)N2CC[C@@H]3[C@H]2c2cc(Br)ccc2N(C)[C@H]3CO)cc1. The molecule has 0 radical (unpaired) electrons. The van der Waals surface area contributed by atoms with Crippen LogP contribution in [0.2, 0.25) is 0 Å². The third kappa shape index (κ3) is 3.22. The van der Waals surface area contributed by atoms with Gasteiger partial charge in [-0.2, -0.15) is 0 Å². The van der Waals surface area contributed by atoms with E-state index in [4.69, 9.17) is 4.74 Å². The van der Waals surface area contributed by atoms with Crippen molar-refractivity contribution in [1.82, 2.24) is 4.90 Å². The van der Waals surface area contributed by atoms with Crippen LogP contribution in [0.15, 0.2) is 46.9 Å². The molecule has 0 bridgehead atoms. The van der Waals surface area contributed by atoms with Crippen molar-refractivity contribution in [2.24, 2.45) is 5.92 Å². The Kier molecular flexibility index (Phi) is 5.21. The smallest absolute Gasteiger partial charge is 0.322 e. The number of nitrogens with zero attached hydrogens (tertiary/aromatic N) is 2. The van der Waals surface area contributed by atoms with Gasteiger partial charge in [-0.1, -0.05) is 15.9 Å². The van der Waals surface area contributed by atoms with E-state index in [-0.39, 0.29) is 30.6 Å². The van der Waals surface area contributed by atoms with Crippen LogP contribution in [-0.4, -0.2) is 49.4 Å². The number of hydrogen-bond donors (Lipinski definition) is 2. The number of rotatable bonds is 3. The summed E-state index contributed by atoms with van der Waals surface area (Å²) in [7, 11) is 3.63. The third-order valence-electron chi connectivity index (χ3n) is 5.91. The highest BCUT2D eigenvalue weighted by atomic mass is 79.9. The lowest BCUT2D eigenvalue weighted by atomic mass is 9.82. The number of anilines is 2. The third-order valence-corrected chi connectivity index (χ3v) is 6.41. The van der Waals surface area contributed by atoms with E-state index in [2.05, 4.69) is 38.3 Å². The van der Waals surface area contributed by atoms with Crippen molar-refractivity contribution in [1.29, 1.82) is 0 Å². The van der Waals surface area contributed by atoms with Crippen molar-refractivity contribution in [2.75, 3.05) is 37.5 Å². The molecule has 4 rings (SSSR count). The highest BCUT2D eigenvalue weighted by molar-refractivity contribution is 9.10. The molecule has 7 heteroatoms. The first kappa shape index (κ1) is 19.1. The summed E-state index contributed by atoms with van der Waals surface area (Å²) in [5.74, 6) is 0.942. The first-order valence-electron chi connectivity index (χ1n) is 9.38. The maximum absolute atomic E-state index is 13.1. The van der Waals surface area contributed by atoms with E-state index in [9.17, 15) is 9.90 Å². The number of likely N-dealkylation sites (N-methyl/N-ethyl adjacent to an activating group) is 1. The molecule has 2 aromatic rings. The molecule has 6 nitrogen and oxygen atoms in total. The van der Waals surface area contributed by atoms with Crippen LogP contribution in [0.25, 0.3) is 0 Å². The van der Waals surface area contributed by atoms with Gasteiger partial charge in [-0.05, 0) is 54.4 Å². The lowest BCUT2D eigenvalue weighted by Crippen LogP contribution is -2.48. The van der Waals surface area contributed by atoms with Gasteiger partial charge >= 0.3 is 6.03 Å². The Hall–Kier alpha value is -2.25. The monoisotopic (exact) mass is 445 g/mol. The van der Waals surface area contributed by atoms with Crippen LogP contribution < -0.4 is 15.0 Å². The summed E-state index contributed by atoms with van der Waals surface area (Å²) in [6.07, 6.45) is 0.863. The Labute approximate surface area is 173 Å². The number of nitrogens with one attached hydrogen (secondary N) is 1. The molecule has 1 saturated heterocycles. The average molecular weight is 446 g/mol. The summed E-state index contributed by atoms with van der Waals surface area (Å²) in [5, 5.41) is 13.0. The van der Waals surface area contributed by atoms with Gasteiger partial charge < -0.3 is 25.0 Å². The van der Waals surface area contributed by atoms with Crippen LogP contribution in [0.1, 0.15) is 18.0 Å². The van der Waals surface area contributed by atoms with Crippen LogP contribution in [0.4, 0.5) is 16.2 Å². The topological polar surface area (TPSA) is 65.0 Å². The zero-order chi connectivity index (χ0) is 19.8. The molecule has 0 aliphatic carbocycles. The Balaban J connectivity index is 1.64. The summed E-state index contributed by atoms with van der Waals surface area (Å²) in [4.78, 5) is 17.1. The number of aliphatic hydroxyl groups excluding tert-OH is 1. The van der Waals surface area contributed by atoms with E-state index in [0.717, 1.165) is 33.6 Å². The Morgan fingerprint density at radius 2 is 2.04 bits per heavy atom. The normalized spacial score (nSPS) is 23.2. The molecule has 2 aromatic carbocycles. The molecule has 2 aliphatic heterocycles. The number of benzene rings is 2. The van der Waals surface area contributed by atoms with Gasteiger partial charge in [-0.15, -0.1) is 0 Å². The van der Waals surface area contributed by atoms with E-state index in [0.29, 0.717) is 6.54 Å². The van der Waals surface area contributed by atoms with Gasteiger partial charge in [0.2, 0.25) is 0 Å². The number of amides is 2. The first-order chi connectivity index (χ1) is 13.5. The lowest BCUT2D eigenvalue weighted by Gasteiger charge is -2.44. The lowest BCUT2D eigenvalue weighted by molar-refractivity contribution is 0.168. The molecule has 28 heavy (non-hydrogen) atoms. The van der Waals surface area contributed by atoms with Crippen molar-refractivity contribution in [3.63, 3.8) is 0 Å². The molecule has 2 heterocycles. The second-order valence-electron chi connectivity index (χ2n) is 7.31.